The van der Waals surface area contributed by atoms with Crippen molar-refractivity contribution >= 4 is 50.5 Å². The minimum absolute atomic E-state index is 0.836. The normalized spacial score (nSPS) is 13.6. The molecule has 1 N–H and O–H groups in total. The van der Waals surface area contributed by atoms with Crippen molar-refractivity contribution in [3.05, 3.63) is 34.7 Å². The number of aromatic nitrogens is 2. The summed E-state index contributed by atoms with van der Waals surface area (Å²) in [5.41, 5.74) is 3.81. The van der Waals surface area contributed by atoms with Crippen LogP contribution in [-0.4, -0.2) is 29.3 Å². The first-order valence-corrected chi connectivity index (χ1v) is 11.8. The Morgan fingerprint density at radius 1 is 1.07 bits per heavy atom. The van der Waals surface area contributed by atoms with E-state index in [0.29, 0.717) is 0 Å². The van der Waals surface area contributed by atoms with Crippen molar-refractivity contribution in [3.63, 3.8) is 0 Å². The average Bonchev–Trinajstić information content (AvgIpc) is 3.08. The molecule has 0 aliphatic heterocycles. The Hall–Kier alpha value is -1.79. The van der Waals surface area contributed by atoms with Gasteiger partial charge in [-0.3, -0.25) is 0 Å². The molecule has 0 saturated heterocycles. The van der Waals surface area contributed by atoms with Crippen molar-refractivity contribution in [2.24, 2.45) is 0 Å². The number of hydrogen-bond donors (Lipinski definition) is 1. The summed E-state index contributed by atoms with van der Waals surface area (Å²) in [4.78, 5) is 14.6. The van der Waals surface area contributed by atoms with Crippen LogP contribution < -0.4 is 10.2 Å². The first-order chi connectivity index (χ1) is 13.2. The molecule has 2 aromatic heterocycles. The number of rotatable bonds is 6. The predicted molar refractivity (Wildman–Crippen MR) is 119 cm³/mol. The molecule has 0 saturated carbocycles. The van der Waals surface area contributed by atoms with Crippen LogP contribution in [0.25, 0.3) is 10.2 Å². The number of benzene rings is 1. The molecule has 6 heteroatoms. The van der Waals surface area contributed by atoms with Gasteiger partial charge in [0, 0.05) is 29.3 Å². The third-order valence-corrected chi connectivity index (χ3v) is 6.97. The van der Waals surface area contributed by atoms with Gasteiger partial charge >= 0.3 is 0 Å². The highest BCUT2D eigenvalue weighted by molar-refractivity contribution is 7.98. The van der Waals surface area contributed by atoms with Crippen LogP contribution in [0.3, 0.4) is 0 Å². The van der Waals surface area contributed by atoms with E-state index in [1.807, 2.05) is 17.6 Å². The number of aryl methyl sites for hydroxylation is 2. The Morgan fingerprint density at radius 3 is 2.52 bits per heavy atom. The summed E-state index contributed by atoms with van der Waals surface area (Å²) in [6.45, 7) is 6.43. The second kappa shape index (κ2) is 8.07. The average molecular weight is 399 g/mol. The van der Waals surface area contributed by atoms with Gasteiger partial charge in [0.25, 0.3) is 0 Å². The Balaban J connectivity index is 1.71. The maximum atomic E-state index is 4.82. The van der Waals surface area contributed by atoms with Crippen molar-refractivity contribution < 1.29 is 0 Å². The maximum absolute atomic E-state index is 4.82. The van der Waals surface area contributed by atoms with Crippen LogP contribution >= 0.6 is 23.1 Å². The van der Waals surface area contributed by atoms with Crippen molar-refractivity contribution in [3.8, 4) is 0 Å². The monoisotopic (exact) mass is 398 g/mol. The van der Waals surface area contributed by atoms with Crippen LogP contribution in [0.15, 0.2) is 29.4 Å². The number of fused-ring (bicyclic) bond motifs is 3. The molecule has 0 spiro atoms. The molecule has 0 unspecified atom stereocenters. The van der Waals surface area contributed by atoms with E-state index < -0.39 is 0 Å². The fourth-order valence-electron chi connectivity index (χ4n) is 3.80. The number of thiophene rings is 1. The van der Waals surface area contributed by atoms with Crippen LogP contribution in [-0.2, 0) is 12.8 Å². The van der Waals surface area contributed by atoms with E-state index in [4.69, 9.17) is 9.97 Å². The quantitative estimate of drug-likeness (QED) is 0.415. The van der Waals surface area contributed by atoms with Gasteiger partial charge in [0.05, 0.1) is 5.39 Å². The van der Waals surface area contributed by atoms with Gasteiger partial charge in [-0.1, -0.05) is 11.8 Å². The number of hydrogen-bond acceptors (Lipinski definition) is 6. The van der Waals surface area contributed by atoms with Crippen molar-refractivity contribution in [2.75, 3.05) is 29.6 Å². The highest BCUT2D eigenvalue weighted by Gasteiger charge is 2.21. The fraction of sp³-hybridized carbons (Fsp3) is 0.429. The second-order valence-corrected chi connectivity index (χ2v) is 8.65. The molecule has 4 nitrogen and oxygen atoms in total. The number of anilines is 3. The molecule has 1 aromatic carbocycles. The molecular formula is C21H26N4S2. The Bertz CT molecular complexity index is 929. The van der Waals surface area contributed by atoms with E-state index in [2.05, 4.69) is 48.3 Å². The molecule has 1 aliphatic rings. The van der Waals surface area contributed by atoms with E-state index in [-0.39, 0.29) is 0 Å². The van der Waals surface area contributed by atoms with Crippen molar-refractivity contribution in [1.29, 1.82) is 0 Å². The summed E-state index contributed by atoms with van der Waals surface area (Å²) >= 11 is 3.46. The zero-order valence-corrected chi connectivity index (χ0v) is 17.8. The molecule has 0 bridgehead atoms. The van der Waals surface area contributed by atoms with Crippen molar-refractivity contribution in [1.82, 2.24) is 9.97 Å². The zero-order valence-electron chi connectivity index (χ0n) is 16.2. The molecule has 2 heterocycles. The lowest BCUT2D eigenvalue weighted by Gasteiger charge is -2.21. The first-order valence-electron chi connectivity index (χ1n) is 9.71. The van der Waals surface area contributed by atoms with Gasteiger partial charge in [-0.15, -0.1) is 11.3 Å². The Labute approximate surface area is 169 Å². The van der Waals surface area contributed by atoms with Gasteiger partial charge in [0.15, 0.2) is 5.16 Å². The largest absolute Gasteiger partial charge is 0.372 e. The molecule has 1 aliphatic carbocycles. The van der Waals surface area contributed by atoms with Gasteiger partial charge in [0.2, 0.25) is 0 Å². The minimum Gasteiger partial charge on any atom is -0.372 e. The highest BCUT2D eigenvalue weighted by Crippen LogP contribution is 2.40. The molecular weight excluding hydrogens is 372 g/mol. The van der Waals surface area contributed by atoms with Gasteiger partial charge in [-0.2, -0.15) is 0 Å². The molecule has 0 amide bonds. The summed E-state index contributed by atoms with van der Waals surface area (Å²) < 4.78 is 0. The molecule has 0 radical (unpaired) electrons. The van der Waals surface area contributed by atoms with E-state index >= 15 is 0 Å². The first kappa shape index (κ1) is 18.6. The molecule has 3 aromatic rings. The molecule has 142 valence electrons. The van der Waals surface area contributed by atoms with E-state index in [1.54, 1.807) is 11.8 Å². The Morgan fingerprint density at radius 2 is 1.81 bits per heavy atom. The topological polar surface area (TPSA) is 41.0 Å². The van der Waals surface area contributed by atoms with Gasteiger partial charge in [-0.05, 0) is 75.6 Å². The summed E-state index contributed by atoms with van der Waals surface area (Å²) in [5, 5.41) is 5.66. The SMILES string of the molecule is CCN(CC)c1ccc(Nc2nc(SC)nc3sc4c(c23)CCCC4)cc1. The molecule has 0 fully saturated rings. The van der Waals surface area contributed by atoms with Crippen LogP contribution in [0.1, 0.15) is 37.1 Å². The third-order valence-electron chi connectivity index (χ3n) is 5.24. The summed E-state index contributed by atoms with van der Waals surface area (Å²) in [6, 6.07) is 8.68. The second-order valence-electron chi connectivity index (χ2n) is 6.79. The summed E-state index contributed by atoms with van der Waals surface area (Å²) in [6.07, 6.45) is 6.92. The third kappa shape index (κ3) is 3.65. The lowest BCUT2D eigenvalue weighted by atomic mass is 9.97. The van der Waals surface area contributed by atoms with Crippen LogP contribution in [0.4, 0.5) is 17.2 Å². The lowest BCUT2D eigenvalue weighted by molar-refractivity contribution is 0.700. The van der Waals surface area contributed by atoms with E-state index in [1.165, 1.54) is 40.8 Å². The summed E-state index contributed by atoms with van der Waals surface area (Å²) in [7, 11) is 0. The van der Waals surface area contributed by atoms with Gasteiger partial charge in [0.1, 0.15) is 10.6 Å². The van der Waals surface area contributed by atoms with Gasteiger partial charge < -0.3 is 10.2 Å². The Kier molecular flexibility index (Phi) is 5.55. The minimum atomic E-state index is 0.836. The van der Waals surface area contributed by atoms with Crippen LogP contribution in [0.5, 0.6) is 0 Å². The number of nitrogens with one attached hydrogen (secondary N) is 1. The van der Waals surface area contributed by atoms with Crippen LogP contribution in [0, 0.1) is 0 Å². The summed E-state index contributed by atoms with van der Waals surface area (Å²) in [5.74, 6) is 0.958. The predicted octanol–water partition coefficient (Wildman–Crippen LogP) is 5.88. The highest BCUT2D eigenvalue weighted by atomic mass is 32.2. The number of thioether (sulfide) groups is 1. The number of nitrogens with zero attached hydrogens (tertiary/aromatic N) is 3. The van der Waals surface area contributed by atoms with E-state index in [0.717, 1.165) is 41.0 Å². The standard InChI is InChI=1S/C21H26N4S2/c1-4-25(5-2)15-12-10-14(11-13-15)22-19-18-16-8-6-7-9-17(16)27-20(18)24-21(23-19)26-3/h10-13H,4-9H2,1-3H3,(H,22,23,24). The maximum Gasteiger partial charge on any atom is 0.190 e. The fourth-order valence-corrected chi connectivity index (χ4v) is 5.48. The smallest absolute Gasteiger partial charge is 0.190 e. The van der Waals surface area contributed by atoms with Gasteiger partial charge in [-0.25, -0.2) is 9.97 Å². The lowest BCUT2D eigenvalue weighted by Crippen LogP contribution is -2.21. The zero-order chi connectivity index (χ0) is 18.8. The van der Waals surface area contributed by atoms with E-state index in [9.17, 15) is 0 Å². The molecule has 27 heavy (non-hydrogen) atoms. The van der Waals surface area contributed by atoms with Crippen molar-refractivity contribution in [2.45, 2.75) is 44.7 Å². The molecule has 4 rings (SSSR count). The van der Waals surface area contributed by atoms with Crippen LogP contribution in [0.2, 0.25) is 0 Å². The molecule has 0 atom stereocenters.